The first-order valence-electron chi connectivity index (χ1n) is 14.2. The van der Waals surface area contributed by atoms with Crippen molar-refractivity contribution in [2.45, 2.75) is 90.4 Å². The minimum atomic E-state index is -0.304. The van der Waals surface area contributed by atoms with Crippen molar-refractivity contribution in [1.29, 1.82) is 0 Å². The minimum Gasteiger partial charge on any atom is -0.461 e. The van der Waals surface area contributed by atoms with Gasteiger partial charge in [-0.3, -0.25) is 9.59 Å². The lowest BCUT2D eigenvalue weighted by atomic mass is 10.00. The Kier molecular flexibility index (Phi) is 8.59. The third kappa shape index (κ3) is 6.18. The van der Waals surface area contributed by atoms with Gasteiger partial charge in [-0.15, -0.1) is 0 Å². The molecule has 3 aromatic rings. The second-order valence-corrected chi connectivity index (χ2v) is 10.9. The molecule has 1 saturated heterocycles. The molecule has 2 N–H and O–H groups in total. The third-order valence-corrected chi connectivity index (χ3v) is 7.94. The molecule has 3 heterocycles. The molecule has 0 bridgehead atoms. The number of nitrogens with one attached hydrogen (secondary N) is 2. The average Bonchev–Trinajstić information content (AvgIpc) is 3.56. The van der Waals surface area contributed by atoms with Crippen molar-refractivity contribution in [2.75, 3.05) is 13.2 Å². The van der Waals surface area contributed by atoms with E-state index in [1.54, 1.807) is 6.20 Å². The highest BCUT2D eigenvalue weighted by atomic mass is 16.5. The number of carbonyl (C=O) groups excluding carboxylic acids is 1. The molecule has 2 aliphatic rings. The number of H-pyrrole nitrogens is 1. The van der Waals surface area contributed by atoms with E-state index in [1.165, 1.54) is 0 Å². The molecule has 1 saturated carbocycles. The van der Waals surface area contributed by atoms with Crippen molar-refractivity contribution >= 4 is 17.0 Å². The van der Waals surface area contributed by atoms with Gasteiger partial charge >= 0.3 is 5.97 Å². The number of carbonyl (C=O) groups is 1. The summed E-state index contributed by atoms with van der Waals surface area (Å²) in [4.78, 5) is 32.7. The summed E-state index contributed by atoms with van der Waals surface area (Å²) in [6, 6.07) is 7.96. The molecule has 0 amide bonds. The standard InChI is InChI=1S/C30H40N4O4/c1-3-6-25(30(36)38-24-7-4-5-8-24)31-17-22-9-10-27-26(16-22)33-28(23-15-20(2)29(35)32-18-23)34(27)19-21-11-13-37-14-12-21/h9-10,15-16,18,21,24-25,31H,3-8,11-14,17,19H2,1-2H3,(H,32,35). The summed E-state index contributed by atoms with van der Waals surface area (Å²) in [5.41, 5.74) is 4.56. The van der Waals surface area contributed by atoms with Crippen LogP contribution in [0.2, 0.25) is 0 Å². The first-order chi connectivity index (χ1) is 18.5. The molecule has 204 valence electrons. The fourth-order valence-corrected chi connectivity index (χ4v) is 5.69. The van der Waals surface area contributed by atoms with Crippen molar-refractivity contribution in [1.82, 2.24) is 19.9 Å². The number of aromatic amines is 1. The Bertz CT molecular complexity index is 1300. The topological polar surface area (TPSA) is 98.2 Å². The zero-order valence-corrected chi connectivity index (χ0v) is 22.6. The van der Waals surface area contributed by atoms with Gasteiger partial charge in [0.25, 0.3) is 5.56 Å². The van der Waals surface area contributed by atoms with E-state index in [-0.39, 0.29) is 23.7 Å². The van der Waals surface area contributed by atoms with Crippen LogP contribution in [-0.4, -0.2) is 45.9 Å². The number of pyridine rings is 1. The number of rotatable bonds is 10. The molecule has 1 aliphatic carbocycles. The monoisotopic (exact) mass is 520 g/mol. The molecule has 38 heavy (non-hydrogen) atoms. The maximum atomic E-state index is 12.8. The van der Waals surface area contributed by atoms with Crippen molar-refractivity contribution in [2.24, 2.45) is 5.92 Å². The minimum absolute atomic E-state index is 0.0784. The van der Waals surface area contributed by atoms with E-state index >= 15 is 0 Å². The van der Waals surface area contributed by atoms with E-state index in [9.17, 15) is 9.59 Å². The highest BCUT2D eigenvalue weighted by molar-refractivity contribution is 5.81. The van der Waals surface area contributed by atoms with Crippen LogP contribution in [0.15, 0.2) is 35.3 Å². The molecule has 8 heteroatoms. The molecule has 5 rings (SSSR count). The van der Waals surface area contributed by atoms with Crippen molar-refractivity contribution < 1.29 is 14.3 Å². The van der Waals surface area contributed by atoms with Gasteiger partial charge in [0.15, 0.2) is 0 Å². The van der Waals surface area contributed by atoms with Crippen LogP contribution in [0, 0.1) is 12.8 Å². The maximum absolute atomic E-state index is 12.8. The molecule has 2 fully saturated rings. The molecule has 8 nitrogen and oxygen atoms in total. The number of nitrogens with zero attached hydrogens (tertiary/aromatic N) is 2. The van der Waals surface area contributed by atoms with Crippen LogP contribution in [0.1, 0.15) is 69.4 Å². The van der Waals surface area contributed by atoms with Gasteiger partial charge in [0.2, 0.25) is 0 Å². The fraction of sp³-hybridized carbons (Fsp3) is 0.567. The van der Waals surface area contributed by atoms with Crippen LogP contribution in [0.3, 0.4) is 0 Å². The highest BCUT2D eigenvalue weighted by Crippen LogP contribution is 2.29. The zero-order valence-electron chi connectivity index (χ0n) is 22.6. The first kappa shape index (κ1) is 26.6. The van der Waals surface area contributed by atoms with Crippen molar-refractivity contribution in [3.8, 4) is 11.4 Å². The third-order valence-electron chi connectivity index (χ3n) is 7.94. The van der Waals surface area contributed by atoms with Crippen LogP contribution in [-0.2, 0) is 27.4 Å². The summed E-state index contributed by atoms with van der Waals surface area (Å²) in [5, 5.41) is 3.45. The van der Waals surface area contributed by atoms with Crippen molar-refractivity contribution in [3.05, 3.63) is 51.9 Å². The molecule has 0 radical (unpaired) electrons. The SMILES string of the molecule is CCCC(NCc1ccc2c(c1)nc(-c1c[nH]c(=O)c(C)c1)n2CC1CCOCC1)C(=O)OC1CCCC1. The normalized spacial score (nSPS) is 17.7. The lowest BCUT2D eigenvalue weighted by Crippen LogP contribution is -2.39. The Morgan fingerprint density at radius 3 is 2.74 bits per heavy atom. The molecular weight excluding hydrogens is 480 g/mol. The van der Waals surface area contributed by atoms with E-state index in [0.717, 1.165) is 99.1 Å². The molecule has 0 spiro atoms. The quantitative estimate of drug-likeness (QED) is 0.370. The summed E-state index contributed by atoms with van der Waals surface area (Å²) >= 11 is 0. The fourth-order valence-electron chi connectivity index (χ4n) is 5.69. The molecule has 1 aromatic carbocycles. The number of fused-ring (bicyclic) bond motifs is 1. The molecular formula is C30H40N4O4. The Balaban J connectivity index is 1.38. The molecule has 2 aromatic heterocycles. The molecule has 1 atom stereocenters. The van der Waals surface area contributed by atoms with Crippen molar-refractivity contribution in [3.63, 3.8) is 0 Å². The zero-order chi connectivity index (χ0) is 26.5. The van der Waals surface area contributed by atoms with E-state index < -0.39 is 0 Å². The van der Waals surface area contributed by atoms with E-state index in [4.69, 9.17) is 14.5 Å². The Labute approximate surface area is 224 Å². The van der Waals surface area contributed by atoms with E-state index in [2.05, 4.69) is 40.0 Å². The van der Waals surface area contributed by atoms with Gasteiger partial charge in [-0.25, -0.2) is 4.98 Å². The van der Waals surface area contributed by atoms with Gasteiger partial charge in [-0.1, -0.05) is 19.4 Å². The summed E-state index contributed by atoms with van der Waals surface area (Å²) in [6.45, 7) is 6.93. The van der Waals surface area contributed by atoms with Crippen LogP contribution in [0.5, 0.6) is 0 Å². The summed E-state index contributed by atoms with van der Waals surface area (Å²) in [7, 11) is 0. The molecule has 1 unspecified atom stereocenters. The van der Waals surface area contributed by atoms with Crippen LogP contribution in [0.4, 0.5) is 0 Å². The first-order valence-corrected chi connectivity index (χ1v) is 14.2. The van der Waals surface area contributed by atoms with Gasteiger partial charge in [-0.2, -0.15) is 0 Å². The highest BCUT2D eigenvalue weighted by Gasteiger charge is 2.25. The number of aryl methyl sites for hydroxylation is 1. The van der Waals surface area contributed by atoms with Gasteiger partial charge in [0.05, 0.1) is 11.0 Å². The van der Waals surface area contributed by atoms with Crippen LogP contribution < -0.4 is 10.9 Å². The van der Waals surface area contributed by atoms with Gasteiger partial charge in [0, 0.05) is 43.6 Å². The van der Waals surface area contributed by atoms with Crippen LogP contribution >= 0.6 is 0 Å². The Morgan fingerprint density at radius 1 is 1.21 bits per heavy atom. The Hall–Kier alpha value is -2.97. The maximum Gasteiger partial charge on any atom is 0.323 e. The summed E-state index contributed by atoms with van der Waals surface area (Å²) < 4.78 is 13.7. The van der Waals surface area contributed by atoms with Gasteiger partial charge < -0.3 is 24.3 Å². The van der Waals surface area contributed by atoms with Gasteiger partial charge in [-0.05, 0) is 81.5 Å². The number of ether oxygens (including phenoxy) is 2. The molecule has 1 aliphatic heterocycles. The number of imidazole rings is 1. The predicted octanol–water partition coefficient (Wildman–Crippen LogP) is 4.87. The predicted molar refractivity (Wildman–Crippen MR) is 148 cm³/mol. The lowest BCUT2D eigenvalue weighted by Gasteiger charge is -2.23. The Morgan fingerprint density at radius 2 is 2.00 bits per heavy atom. The average molecular weight is 521 g/mol. The number of benzene rings is 1. The van der Waals surface area contributed by atoms with E-state index in [0.29, 0.717) is 18.0 Å². The summed E-state index contributed by atoms with van der Waals surface area (Å²) in [5.74, 6) is 1.25. The second kappa shape index (κ2) is 12.3. The van der Waals surface area contributed by atoms with Gasteiger partial charge in [0.1, 0.15) is 18.0 Å². The van der Waals surface area contributed by atoms with Crippen LogP contribution in [0.25, 0.3) is 22.4 Å². The van der Waals surface area contributed by atoms with E-state index in [1.807, 2.05) is 13.0 Å². The number of hydrogen-bond donors (Lipinski definition) is 2. The lowest BCUT2D eigenvalue weighted by molar-refractivity contribution is -0.151. The second-order valence-electron chi connectivity index (χ2n) is 10.9. The number of esters is 1. The summed E-state index contributed by atoms with van der Waals surface area (Å²) in [6.07, 6.45) is 9.81. The smallest absolute Gasteiger partial charge is 0.323 e. The number of aromatic nitrogens is 3. The largest absolute Gasteiger partial charge is 0.461 e. The number of hydrogen-bond acceptors (Lipinski definition) is 6.